The Kier molecular flexibility index (Phi) is 13.3. The molecule has 3 fully saturated rings. The van der Waals surface area contributed by atoms with Crippen LogP contribution in [0.1, 0.15) is 148 Å². The fourth-order valence-corrected chi connectivity index (χ4v) is 22.6. The smallest absolute Gasteiger partial charge is 0.200 e. The predicted molar refractivity (Wildman–Crippen MR) is 196 cm³/mol. The molecule has 3 rings (SSSR count). The molecule has 0 saturated heterocycles. The third kappa shape index (κ3) is 7.42. The second-order valence-electron chi connectivity index (χ2n) is 17.6. The summed E-state index contributed by atoms with van der Waals surface area (Å²) in [5.41, 5.74) is 7.08. The summed E-state index contributed by atoms with van der Waals surface area (Å²) in [6.45, 7) is 34.2. The van der Waals surface area contributed by atoms with Gasteiger partial charge < -0.3 is 14.0 Å². The van der Waals surface area contributed by atoms with Gasteiger partial charge in [0.2, 0.25) is 16.6 Å². The van der Waals surface area contributed by atoms with E-state index >= 15 is 0 Å². The molecule has 3 aliphatic carbocycles. The Labute approximate surface area is 276 Å². The van der Waals surface area contributed by atoms with Crippen LogP contribution >= 0.6 is 0 Å². The second kappa shape index (κ2) is 15.3. The molecule has 5 heteroatoms. The Hall–Kier alpha value is -0.206. The highest BCUT2D eigenvalue weighted by Gasteiger charge is 2.52. The van der Waals surface area contributed by atoms with E-state index in [1.807, 2.05) is 0 Å². The Morgan fingerprint density at radius 2 is 1.18 bits per heavy atom. The van der Waals surface area contributed by atoms with E-state index in [1.54, 1.807) is 11.1 Å². The highest BCUT2D eigenvalue weighted by molar-refractivity contribution is 6.78. The molecule has 0 bridgehead atoms. The molecule has 0 unspecified atom stereocenters. The van der Waals surface area contributed by atoms with Crippen LogP contribution in [0.15, 0.2) is 23.3 Å². The number of fused-ring (bicyclic) bond motifs is 1. The molecular formula is C39H74O3Si2. The standard InChI is InChI=1S/C39H74O3Si2/c1-26(2)43(27(3)4,28(5)6)41-35-22-33(23-36(24-35)42-44(29(7)8,30(9)10)31(11)12)17-18-34-16-15-21-39(14)37(32(13)25-40)19-20-38(34)39/h17-18,26-32,35-38,40H,15-16,19-25H2,1-14H3/t32-,35-,36-,37-,38+,39-/m1/s1. The number of allylic oxidation sites excluding steroid dienone is 3. The number of aliphatic hydroxyl groups excluding tert-OH is 1. The third-order valence-electron chi connectivity index (χ3n) is 13.2. The number of rotatable bonds is 13. The van der Waals surface area contributed by atoms with Gasteiger partial charge in [-0.05, 0) is 108 Å². The zero-order valence-corrected chi connectivity index (χ0v) is 33.6. The fourth-order valence-electron chi connectivity index (χ4n) is 11.4. The average Bonchev–Trinajstić information content (AvgIpc) is 3.29. The lowest BCUT2D eigenvalue weighted by molar-refractivity contribution is 0.0671. The monoisotopic (exact) mass is 647 g/mol. The van der Waals surface area contributed by atoms with Crippen molar-refractivity contribution in [2.45, 2.75) is 194 Å². The van der Waals surface area contributed by atoms with Gasteiger partial charge in [-0.15, -0.1) is 0 Å². The van der Waals surface area contributed by atoms with Crippen molar-refractivity contribution < 1.29 is 14.0 Å². The first-order valence-electron chi connectivity index (χ1n) is 18.8. The van der Waals surface area contributed by atoms with Gasteiger partial charge in [0.15, 0.2) is 0 Å². The van der Waals surface area contributed by atoms with Gasteiger partial charge in [0.25, 0.3) is 0 Å². The molecule has 0 heterocycles. The Bertz CT molecular complexity index is 892. The van der Waals surface area contributed by atoms with Crippen LogP contribution in [-0.2, 0) is 8.85 Å². The highest BCUT2D eigenvalue weighted by atomic mass is 28.4. The predicted octanol–water partition coefficient (Wildman–Crippen LogP) is 12.0. The van der Waals surface area contributed by atoms with Crippen LogP contribution in [0.25, 0.3) is 0 Å². The Morgan fingerprint density at radius 3 is 1.59 bits per heavy atom. The maximum Gasteiger partial charge on any atom is 0.200 e. The van der Waals surface area contributed by atoms with E-state index in [2.05, 4.69) is 109 Å². The number of hydrogen-bond acceptors (Lipinski definition) is 3. The summed E-state index contributed by atoms with van der Waals surface area (Å²) in [5, 5.41) is 10.0. The first kappa shape index (κ1) is 38.2. The lowest BCUT2D eigenvalue weighted by Crippen LogP contribution is -2.53. The lowest BCUT2D eigenvalue weighted by atomic mass is 9.61. The van der Waals surface area contributed by atoms with Crippen LogP contribution in [0.2, 0.25) is 33.2 Å². The van der Waals surface area contributed by atoms with Gasteiger partial charge in [0.05, 0.1) is 12.2 Å². The molecule has 256 valence electrons. The van der Waals surface area contributed by atoms with Gasteiger partial charge in [-0.25, -0.2) is 0 Å². The van der Waals surface area contributed by atoms with Crippen molar-refractivity contribution in [1.82, 2.24) is 0 Å². The molecular weight excluding hydrogens is 573 g/mol. The summed E-state index contributed by atoms with van der Waals surface area (Å²) in [6, 6.07) is 0. The molecule has 0 aromatic rings. The number of hydrogen-bond donors (Lipinski definition) is 1. The number of aliphatic hydroxyl groups is 1. The fraction of sp³-hybridized carbons (Fsp3) is 0.897. The molecule has 3 nitrogen and oxygen atoms in total. The zero-order valence-electron chi connectivity index (χ0n) is 31.6. The van der Waals surface area contributed by atoms with Crippen LogP contribution in [0.4, 0.5) is 0 Å². The first-order valence-corrected chi connectivity index (χ1v) is 23.1. The van der Waals surface area contributed by atoms with Crippen LogP contribution in [0.3, 0.4) is 0 Å². The van der Waals surface area contributed by atoms with E-state index in [0.717, 1.165) is 19.3 Å². The van der Waals surface area contributed by atoms with E-state index in [-0.39, 0.29) is 12.2 Å². The minimum atomic E-state index is -2.01. The maximum atomic E-state index is 10.0. The van der Waals surface area contributed by atoms with Crippen molar-refractivity contribution in [3.8, 4) is 0 Å². The molecule has 6 atom stereocenters. The quantitative estimate of drug-likeness (QED) is 0.202. The second-order valence-corrected chi connectivity index (χ2v) is 28.4. The van der Waals surface area contributed by atoms with Gasteiger partial charge in [-0.2, -0.15) is 0 Å². The maximum absolute atomic E-state index is 10.0. The lowest BCUT2D eigenvalue weighted by Gasteiger charge is -2.49. The Balaban J connectivity index is 2.00. The summed E-state index contributed by atoms with van der Waals surface area (Å²) in [4.78, 5) is 0. The molecule has 0 aromatic heterocycles. The van der Waals surface area contributed by atoms with Crippen molar-refractivity contribution in [2.24, 2.45) is 23.2 Å². The van der Waals surface area contributed by atoms with E-state index in [9.17, 15) is 5.11 Å². The summed E-state index contributed by atoms with van der Waals surface area (Å²) in [5.74, 6) is 1.71. The molecule has 3 aliphatic rings. The van der Waals surface area contributed by atoms with Gasteiger partial charge in [-0.3, -0.25) is 0 Å². The van der Waals surface area contributed by atoms with Gasteiger partial charge in [0, 0.05) is 6.61 Å². The zero-order chi connectivity index (χ0) is 33.2. The van der Waals surface area contributed by atoms with Crippen LogP contribution in [0, 0.1) is 23.2 Å². The molecule has 0 spiro atoms. The summed E-state index contributed by atoms with van der Waals surface area (Å²) in [6.07, 6.45) is 15.1. The highest BCUT2D eigenvalue weighted by Crippen LogP contribution is 2.59. The molecule has 0 radical (unpaired) electrons. The van der Waals surface area contributed by atoms with Crippen molar-refractivity contribution in [1.29, 1.82) is 0 Å². The van der Waals surface area contributed by atoms with Gasteiger partial charge in [0.1, 0.15) is 0 Å². The molecule has 44 heavy (non-hydrogen) atoms. The van der Waals surface area contributed by atoms with Crippen LogP contribution < -0.4 is 0 Å². The Morgan fingerprint density at radius 1 is 0.727 bits per heavy atom. The molecule has 0 amide bonds. The van der Waals surface area contributed by atoms with E-state index in [0.29, 0.717) is 63.0 Å². The minimum absolute atomic E-state index is 0.244. The van der Waals surface area contributed by atoms with Crippen LogP contribution in [-0.4, -0.2) is 40.6 Å². The average molecular weight is 647 g/mol. The van der Waals surface area contributed by atoms with Gasteiger partial charge >= 0.3 is 0 Å². The van der Waals surface area contributed by atoms with E-state index in [4.69, 9.17) is 8.85 Å². The summed E-state index contributed by atoms with van der Waals surface area (Å²) < 4.78 is 15.1. The van der Waals surface area contributed by atoms with Crippen molar-refractivity contribution >= 4 is 16.6 Å². The van der Waals surface area contributed by atoms with Crippen molar-refractivity contribution in [2.75, 3.05) is 6.61 Å². The molecule has 3 saturated carbocycles. The van der Waals surface area contributed by atoms with Crippen molar-refractivity contribution in [3.05, 3.63) is 23.3 Å². The summed E-state index contributed by atoms with van der Waals surface area (Å²) >= 11 is 0. The SMILES string of the molecule is CC(C)[Si](O[C@@H]1CC(=CC=C2CCC[C@]3(C)[C@@H]([C@H](C)CO)CC[C@@H]23)C[C@@H](O[Si](C(C)C)(C(C)C)C(C)C)C1)(C(C)C)C(C)C. The summed E-state index contributed by atoms with van der Waals surface area (Å²) in [7, 11) is -4.02. The van der Waals surface area contributed by atoms with E-state index < -0.39 is 16.6 Å². The largest absolute Gasteiger partial charge is 0.413 e. The normalized spacial score (nSPS) is 30.5. The van der Waals surface area contributed by atoms with Crippen LogP contribution in [0.5, 0.6) is 0 Å². The topological polar surface area (TPSA) is 38.7 Å². The van der Waals surface area contributed by atoms with Gasteiger partial charge in [-0.1, -0.05) is 120 Å². The molecule has 0 aromatic carbocycles. The van der Waals surface area contributed by atoms with E-state index in [1.165, 1.54) is 32.1 Å². The first-order chi connectivity index (χ1) is 20.5. The minimum Gasteiger partial charge on any atom is -0.413 e. The molecule has 0 aliphatic heterocycles. The van der Waals surface area contributed by atoms with Crippen molar-refractivity contribution in [3.63, 3.8) is 0 Å². The third-order valence-corrected chi connectivity index (χ3v) is 25.5. The molecule has 1 N–H and O–H groups in total.